The Balaban J connectivity index is 1.84. The summed E-state index contributed by atoms with van der Waals surface area (Å²) in [5.74, 6) is -0.908. The van der Waals surface area contributed by atoms with E-state index in [-0.39, 0.29) is 18.6 Å². The number of amides is 1. The Morgan fingerprint density at radius 2 is 2.05 bits per heavy atom. The molecule has 1 heterocycles. The van der Waals surface area contributed by atoms with E-state index in [1.165, 1.54) is 0 Å². The van der Waals surface area contributed by atoms with Gasteiger partial charge in [-0.2, -0.15) is 0 Å². The number of carbonyl (C=O) groups excluding carboxylic acids is 2. The minimum Gasteiger partial charge on any atom is -0.451 e. The number of carbonyl (C=O) groups is 2. The highest BCUT2D eigenvalue weighted by molar-refractivity contribution is 7.07. The molecule has 7 heteroatoms. The number of benzene rings is 1. The molecule has 2 rings (SSSR count). The second-order valence-corrected chi connectivity index (χ2v) is 5.43. The van der Waals surface area contributed by atoms with Crippen molar-refractivity contribution in [3.63, 3.8) is 0 Å². The summed E-state index contributed by atoms with van der Waals surface area (Å²) in [5.41, 5.74) is 1.58. The van der Waals surface area contributed by atoms with Gasteiger partial charge in [0.05, 0.1) is 11.7 Å². The molecule has 0 aliphatic heterocycles. The zero-order valence-corrected chi connectivity index (χ0v) is 13.2. The summed E-state index contributed by atoms with van der Waals surface area (Å²) in [4.78, 5) is 24.1. The molecule has 1 N–H and O–H groups in total. The molecule has 0 aliphatic carbocycles. The van der Waals surface area contributed by atoms with Gasteiger partial charge in [0, 0.05) is 0 Å². The molecule has 0 fully saturated rings. The number of ether oxygens (including phenoxy) is 1. The van der Waals surface area contributed by atoms with Gasteiger partial charge in [-0.15, -0.1) is 5.10 Å². The summed E-state index contributed by atoms with van der Waals surface area (Å²) in [7, 11) is 0. The van der Waals surface area contributed by atoms with Crippen LogP contribution in [0.2, 0.25) is 0 Å². The van der Waals surface area contributed by atoms with Gasteiger partial charge < -0.3 is 10.1 Å². The van der Waals surface area contributed by atoms with Crippen molar-refractivity contribution in [1.29, 1.82) is 0 Å². The van der Waals surface area contributed by atoms with Gasteiger partial charge in [-0.25, -0.2) is 4.79 Å². The summed E-state index contributed by atoms with van der Waals surface area (Å²) < 4.78 is 8.73. The van der Waals surface area contributed by atoms with Crippen LogP contribution in [0.15, 0.2) is 30.3 Å². The van der Waals surface area contributed by atoms with E-state index in [4.69, 9.17) is 4.74 Å². The van der Waals surface area contributed by atoms with E-state index in [0.717, 1.165) is 17.1 Å². The third-order valence-electron chi connectivity index (χ3n) is 3.09. The SMILES string of the molecule is CCc1nnsc1C(=O)OCC(=O)N[C@@H](C)c1ccccc1. The van der Waals surface area contributed by atoms with Crippen LogP contribution in [-0.4, -0.2) is 28.1 Å². The lowest BCUT2D eigenvalue weighted by molar-refractivity contribution is -0.124. The number of aromatic nitrogens is 2. The Morgan fingerprint density at radius 1 is 1.32 bits per heavy atom. The van der Waals surface area contributed by atoms with Gasteiger partial charge in [-0.1, -0.05) is 41.7 Å². The first kappa shape index (κ1) is 16.1. The van der Waals surface area contributed by atoms with Gasteiger partial charge in [0.15, 0.2) is 11.5 Å². The van der Waals surface area contributed by atoms with Gasteiger partial charge in [-0.05, 0) is 30.4 Å². The molecule has 0 bridgehead atoms. The van der Waals surface area contributed by atoms with Crippen molar-refractivity contribution in [3.8, 4) is 0 Å². The number of nitrogens with one attached hydrogen (secondary N) is 1. The highest BCUT2D eigenvalue weighted by atomic mass is 32.1. The second-order valence-electron chi connectivity index (χ2n) is 4.68. The lowest BCUT2D eigenvalue weighted by Crippen LogP contribution is -2.31. The molecule has 0 aliphatic rings. The maximum Gasteiger partial charge on any atom is 0.352 e. The van der Waals surface area contributed by atoms with Crippen LogP contribution in [0.25, 0.3) is 0 Å². The van der Waals surface area contributed by atoms with Crippen molar-refractivity contribution < 1.29 is 14.3 Å². The fraction of sp³-hybridized carbons (Fsp3) is 0.333. The summed E-state index contributed by atoms with van der Waals surface area (Å²) in [6.07, 6.45) is 0.595. The van der Waals surface area contributed by atoms with E-state index >= 15 is 0 Å². The highest BCUT2D eigenvalue weighted by Crippen LogP contribution is 2.13. The largest absolute Gasteiger partial charge is 0.451 e. The van der Waals surface area contributed by atoms with Gasteiger partial charge in [0.1, 0.15) is 0 Å². The number of esters is 1. The van der Waals surface area contributed by atoms with Gasteiger partial charge in [-0.3, -0.25) is 4.79 Å². The van der Waals surface area contributed by atoms with E-state index in [2.05, 4.69) is 14.9 Å². The van der Waals surface area contributed by atoms with Crippen LogP contribution < -0.4 is 5.32 Å². The number of aryl methyl sites for hydroxylation is 1. The first-order valence-corrected chi connectivity index (χ1v) is 7.71. The summed E-state index contributed by atoms with van der Waals surface area (Å²) in [6.45, 7) is 3.43. The highest BCUT2D eigenvalue weighted by Gasteiger charge is 2.18. The topological polar surface area (TPSA) is 81.2 Å². The van der Waals surface area contributed by atoms with Crippen LogP contribution in [0.3, 0.4) is 0 Å². The van der Waals surface area contributed by atoms with Gasteiger partial charge in [0.25, 0.3) is 5.91 Å². The second kappa shape index (κ2) is 7.65. The Labute approximate surface area is 132 Å². The lowest BCUT2D eigenvalue weighted by atomic mass is 10.1. The standard InChI is InChI=1S/C15H17N3O3S/c1-3-12-14(22-18-17-12)15(20)21-9-13(19)16-10(2)11-7-5-4-6-8-11/h4-8,10H,3,9H2,1-2H3,(H,16,19)/t10-/m0/s1. The van der Waals surface area contributed by atoms with Crippen molar-refractivity contribution in [3.05, 3.63) is 46.5 Å². The molecule has 1 atom stereocenters. The van der Waals surface area contributed by atoms with Crippen molar-refractivity contribution in [2.24, 2.45) is 0 Å². The first-order valence-electron chi connectivity index (χ1n) is 6.94. The minimum atomic E-state index is -0.561. The van der Waals surface area contributed by atoms with E-state index in [0.29, 0.717) is 17.0 Å². The molecular formula is C15H17N3O3S. The number of hydrogen-bond donors (Lipinski definition) is 1. The maximum atomic E-state index is 11.9. The monoisotopic (exact) mass is 319 g/mol. The lowest BCUT2D eigenvalue weighted by Gasteiger charge is -2.14. The molecule has 116 valence electrons. The third-order valence-corrected chi connectivity index (χ3v) is 3.84. The Morgan fingerprint density at radius 3 is 2.73 bits per heavy atom. The van der Waals surface area contributed by atoms with Gasteiger partial charge >= 0.3 is 5.97 Å². The van der Waals surface area contributed by atoms with Crippen LogP contribution in [0, 0.1) is 0 Å². The van der Waals surface area contributed by atoms with Crippen LogP contribution in [-0.2, 0) is 16.0 Å². The average molecular weight is 319 g/mol. The zero-order chi connectivity index (χ0) is 15.9. The molecule has 0 spiro atoms. The summed E-state index contributed by atoms with van der Waals surface area (Å²) in [6, 6.07) is 9.42. The first-order chi connectivity index (χ1) is 10.6. The van der Waals surface area contributed by atoms with Crippen molar-refractivity contribution >= 4 is 23.4 Å². The fourth-order valence-corrected chi connectivity index (χ4v) is 2.54. The Bertz CT molecular complexity index is 642. The predicted molar refractivity (Wildman–Crippen MR) is 82.6 cm³/mol. The molecule has 22 heavy (non-hydrogen) atoms. The average Bonchev–Trinajstić information content (AvgIpc) is 3.02. The van der Waals surface area contributed by atoms with Crippen LogP contribution in [0.5, 0.6) is 0 Å². The zero-order valence-electron chi connectivity index (χ0n) is 12.4. The van der Waals surface area contributed by atoms with E-state index in [1.807, 2.05) is 44.2 Å². The van der Waals surface area contributed by atoms with Crippen LogP contribution in [0.1, 0.15) is 40.8 Å². The molecule has 2 aromatic rings. The molecule has 1 amide bonds. The molecule has 6 nitrogen and oxygen atoms in total. The molecule has 1 aromatic heterocycles. The maximum absolute atomic E-state index is 11.9. The quantitative estimate of drug-likeness (QED) is 0.825. The summed E-state index contributed by atoms with van der Waals surface area (Å²) in [5, 5.41) is 6.62. The molecule has 1 aromatic carbocycles. The Kier molecular flexibility index (Phi) is 5.60. The van der Waals surface area contributed by atoms with Crippen molar-refractivity contribution in [2.75, 3.05) is 6.61 Å². The minimum absolute atomic E-state index is 0.149. The number of nitrogens with zero attached hydrogens (tertiary/aromatic N) is 2. The number of hydrogen-bond acceptors (Lipinski definition) is 6. The Hall–Kier alpha value is -2.28. The molecule has 0 saturated heterocycles. The molecule has 0 unspecified atom stereocenters. The van der Waals surface area contributed by atoms with E-state index < -0.39 is 5.97 Å². The van der Waals surface area contributed by atoms with E-state index in [9.17, 15) is 9.59 Å². The van der Waals surface area contributed by atoms with Crippen molar-refractivity contribution in [2.45, 2.75) is 26.3 Å². The molecular weight excluding hydrogens is 302 g/mol. The van der Waals surface area contributed by atoms with Crippen LogP contribution in [0.4, 0.5) is 0 Å². The van der Waals surface area contributed by atoms with Crippen molar-refractivity contribution in [1.82, 2.24) is 14.9 Å². The van der Waals surface area contributed by atoms with Crippen LogP contribution >= 0.6 is 11.5 Å². The smallest absolute Gasteiger partial charge is 0.352 e. The summed E-state index contributed by atoms with van der Waals surface area (Å²) >= 11 is 0.977. The van der Waals surface area contributed by atoms with Gasteiger partial charge in [0.2, 0.25) is 0 Å². The third kappa shape index (κ3) is 4.11. The normalized spacial score (nSPS) is 11.7. The fourth-order valence-electron chi connectivity index (χ4n) is 1.90. The molecule has 0 saturated carbocycles. The predicted octanol–water partition coefficient (Wildman–Crippen LogP) is 2.13. The van der Waals surface area contributed by atoms with E-state index in [1.54, 1.807) is 0 Å². The molecule has 0 radical (unpaired) electrons. The number of rotatable bonds is 6.